The van der Waals surface area contributed by atoms with E-state index in [2.05, 4.69) is 30.3 Å². The van der Waals surface area contributed by atoms with Crippen LogP contribution in [0.4, 0.5) is 0 Å². The predicted molar refractivity (Wildman–Crippen MR) is 54.7 cm³/mol. The van der Waals surface area contributed by atoms with E-state index in [1.165, 1.54) is 0 Å². The lowest BCUT2D eigenvalue weighted by molar-refractivity contribution is -0.468. The third kappa shape index (κ3) is 1.35. The average Bonchev–Trinajstić information content (AvgIpc) is 2.07. The highest BCUT2D eigenvalue weighted by molar-refractivity contribution is 9.10. The molecule has 0 saturated carbocycles. The van der Waals surface area contributed by atoms with Crippen molar-refractivity contribution >= 4 is 36.4 Å². The molecule has 0 N–H and O–H groups in total. The van der Waals surface area contributed by atoms with Crippen molar-refractivity contribution in [2.75, 3.05) is 0 Å². The smallest absolute Gasteiger partial charge is 0.232 e. The zero-order valence-corrected chi connectivity index (χ0v) is 8.98. The molecule has 1 atom stereocenters. The van der Waals surface area contributed by atoms with Gasteiger partial charge < -0.3 is 0 Å². The van der Waals surface area contributed by atoms with E-state index in [-0.39, 0.29) is 0 Å². The Hall–Kier alpha value is -0.530. The van der Waals surface area contributed by atoms with Crippen molar-refractivity contribution in [3.05, 3.63) is 35.1 Å². The molecule has 0 amide bonds. The monoisotopic (exact) mass is 241 g/mol. The summed E-state index contributed by atoms with van der Waals surface area (Å²) in [6.07, 6.45) is 3.77. The first-order valence-electron chi connectivity index (χ1n) is 3.48. The molecule has 0 bridgehead atoms. The molecule has 2 rings (SSSR count). The fraction of sp³-hybridized carbons (Fsp3) is 0. The van der Waals surface area contributed by atoms with Crippen molar-refractivity contribution < 1.29 is 4.34 Å². The fourth-order valence-electron chi connectivity index (χ4n) is 1.08. The fourth-order valence-corrected chi connectivity index (χ4v) is 1.71. The van der Waals surface area contributed by atoms with Gasteiger partial charge in [-0.25, -0.2) is 4.98 Å². The first-order chi connectivity index (χ1) is 5.77. The molecular formula is C8H7BrN2P+. The number of pyridine rings is 2. The molecule has 60 valence electrons. The number of hydrogen-bond acceptors (Lipinski definition) is 1. The van der Waals surface area contributed by atoms with E-state index in [0.717, 1.165) is 15.5 Å². The molecule has 0 radical (unpaired) electrons. The predicted octanol–water partition coefficient (Wildman–Crippen LogP) is 1.92. The van der Waals surface area contributed by atoms with Crippen molar-refractivity contribution in [2.45, 2.75) is 0 Å². The quantitative estimate of drug-likeness (QED) is 0.645. The van der Waals surface area contributed by atoms with E-state index in [0.29, 0.717) is 0 Å². The highest BCUT2D eigenvalue weighted by atomic mass is 79.9. The van der Waals surface area contributed by atoms with Crippen LogP contribution in [0.3, 0.4) is 0 Å². The maximum absolute atomic E-state index is 4.26. The van der Waals surface area contributed by atoms with Gasteiger partial charge in [-0.2, -0.15) is 4.34 Å². The summed E-state index contributed by atoms with van der Waals surface area (Å²) in [5, 5.41) is 0. The second-order valence-corrected chi connectivity index (χ2v) is 3.95. The number of halogens is 1. The Morgan fingerprint density at radius 2 is 2.33 bits per heavy atom. The van der Waals surface area contributed by atoms with Gasteiger partial charge in [0, 0.05) is 22.8 Å². The Kier molecular flexibility index (Phi) is 2.07. The normalized spacial score (nSPS) is 10.5. The van der Waals surface area contributed by atoms with Crippen molar-refractivity contribution in [3.8, 4) is 0 Å². The van der Waals surface area contributed by atoms with Crippen LogP contribution in [0.25, 0.3) is 11.0 Å². The number of hydrogen-bond donors (Lipinski definition) is 0. The molecular weight excluding hydrogens is 235 g/mol. The van der Waals surface area contributed by atoms with Gasteiger partial charge in [0.25, 0.3) is 0 Å². The minimum Gasteiger partial charge on any atom is -0.249 e. The van der Waals surface area contributed by atoms with Gasteiger partial charge in [0.15, 0.2) is 15.6 Å². The molecule has 2 aromatic heterocycles. The topological polar surface area (TPSA) is 16.8 Å². The maximum Gasteiger partial charge on any atom is 0.232 e. The molecule has 2 nitrogen and oxygen atoms in total. The van der Waals surface area contributed by atoms with Gasteiger partial charge >= 0.3 is 0 Å². The van der Waals surface area contributed by atoms with Crippen LogP contribution in [0.15, 0.2) is 35.1 Å². The molecule has 0 fully saturated rings. The van der Waals surface area contributed by atoms with Gasteiger partial charge in [-0.15, -0.1) is 0 Å². The van der Waals surface area contributed by atoms with E-state index < -0.39 is 0 Å². The summed E-state index contributed by atoms with van der Waals surface area (Å²) in [7, 11) is 2.62. The molecule has 0 spiro atoms. The molecule has 0 aromatic carbocycles. The van der Waals surface area contributed by atoms with Gasteiger partial charge in [-0.1, -0.05) is 0 Å². The summed E-state index contributed by atoms with van der Waals surface area (Å²) in [6.45, 7) is 0. The van der Waals surface area contributed by atoms with Crippen LogP contribution in [0, 0.1) is 0 Å². The van der Waals surface area contributed by atoms with E-state index in [1.54, 1.807) is 6.20 Å². The second-order valence-electron chi connectivity index (χ2n) is 2.47. The molecule has 0 aliphatic rings. The highest BCUT2D eigenvalue weighted by Gasteiger charge is 2.04. The summed E-state index contributed by atoms with van der Waals surface area (Å²) in [4.78, 5) is 4.26. The first kappa shape index (κ1) is 8.09. The first-order valence-corrected chi connectivity index (χ1v) is 4.79. The SMILES string of the molecule is P[n+]1cccc2ncc(Br)cc21. The molecule has 0 aliphatic heterocycles. The summed E-state index contributed by atoms with van der Waals surface area (Å²) < 4.78 is 2.96. The second kappa shape index (κ2) is 3.08. The van der Waals surface area contributed by atoms with Crippen LogP contribution >= 0.6 is 25.3 Å². The largest absolute Gasteiger partial charge is 0.249 e. The number of fused-ring (bicyclic) bond motifs is 1. The molecule has 2 aromatic rings. The van der Waals surface area contributed by atoms with Gasteiger partial charge in [0.05, 0.1) is 0 Å². The Balaban J connectivity index is 2.88. The van der Waals surface area contributed by atoms with Gasteiger partial charge in [0.1, 0.15) is 5.52 Å². The number of rotatable bonds is 0. The van der Waals surface area contributed by atoms with Crippen molar-refractivity contribution in [1.82, 2.24) is 4.98 Å². The summed E-state index contributed by atoms with van der Waals surface area (Å²) in [6, 6.07) is 5.99. The van der Waals surface area contributed by atoms with Crippen LogP contribution in [-0.4, -0.2) is 4.98 Å². The lowest BCUT2D eigenvalue weighted by atomic mass is 10.3. The van der Waals surface area contributed by atoms with E-state index in [1.807, 2.05) is 28.7 Å². The Morgan fingerprint density at radius 3 is 3.17 bits per heavy atom. The standard InChI is InChI=1S/C8H7BrN2P/c9-6-4-8-7(10-5-6)2-1-3-11(8)12/h1-5H,12H2/q+1. The van der Waals surface area contributed by atoms with Crippen molar-refractivity contribution in [3.63, 3.8) is 0 Å². The van der Waals surface area contributed by atoms with Crippen LogP contribution in [0.2, 0.25) is 0 Å². The lowest BCUT2D eigenvalue weighted by Gasteiger charge is -1.94. The number of nitrogens with zero attached hydrogens (tertiary/aromatic N) is 2. The minimum absolute atomic E-state index is 0.996. The third-order valence-electron chi connectivity index (χ3n) is 1.64. The summed E-state index contributed by atoms with van der Waals surface area (Å²) in [5.41, 5.74) is 2.09. The Morgan fingerprint density at radius 1 is 1.50 bits per heavy atom. The van der Waals surface area contributed by atoms with Gasteiger partial charge in [0.2, 0.25) is 5.52 Å². The molecule has 1 unspecified atom stereocenters. The molecule has 12 heavy (non-hydrogen) atoms. The summed E-state index contributed by atoms with van der Waals surface area (Å²) in [5.74, 6) is 0. The lowest BCUT2D eigenvalue weighted by Crippen LogP contribution is -2.19. The maximum atomic E-state index is 4.26. The van der Waals surface area contributed by atoms with Crippen molar-refractivity contribution in [2.24, 2.45) is 0 Å². The van der Waals surface area contributed by atoms with E-state index in [4.69, 9.17) is 0 Å². The minimum atomic E-state index is 0.996. The van der Waals surface area contributed by atoms with E-state index in [9.17, 15) is 0 Å². The van der Waals surface area contributed by atoms with Crippen molar-refractivity contribution in [1.29, 1.82) is 0 Å². The van der Waals surface area contributed by atoms with E-state index >= 15 is 0 Å². The zero-order valence-electron chi connectivity index (χ0n) is 6.24. The van der Waals surface area contributed by atoms with Crippen LogP contribution in [0.1, 0.15) is 0 Å². The molecule has 0 aliphatic carbocycles. The average molecular weight is 242 g/mol. The Bertz CT molecular complexity index is 430. The molecule has 0 saturated heterocycles. The highest BCUT2D eigenvalue weighted by Crippen LogP contribution is 2.13. The Labute approximate surface area is 81.0 Å². The van der Waals surface area contributed by atoms with Crippen LogP contribution < -0.4 is 4.34 Å². The van der Waals surface area contributed by atoms with Gasteiger partial charge in [-0.05, 0) is 22.0 Å². The third-order valence-corrected chi connectivity index (χ3v) is 2.53. The molecule has 4 heteroatoms. The zero-order chi connectivity index (χ0) is 8.55. The van der Waals surface area contributed by atoms with Crippen LogP contribution in [0.5, 0.6) is 0 Å². The number of aromatic nitrogens is 2. The summed E-state index contributed by atoms with van der Waals surface area (Å²) >= 11 is 3.38. The van der Waals surface area contributed by atoms with Crippen LogP contribution in [-0.2, 0) is 0 Å². The van der Waals surface area contributed by atoms with Gasteiger partial charge in [-0.3, -0.25) is 0 Å². The molecule has 2 heterocycles.